The van der Waals surface area contributed by atoms with E-state index < -0.39 is 6.04 Å². The first-order valence-electron chi connectivity index (χ1n) is 9.52. The molecule has 2 aromatic rings. The summed E-state index contributed by atoms with van der Waals surface area (Å²) in [6, 6.07) is 12.3. The first kappa shape index (κ1) is 22.9. The van der Waals surface area contributed by atoms with E-state index >= 15 is 0 Å². The molecule has 0 aromatic heterocycles. The van der Waals surface area contributed by atoms with Gasteiger partial charge in [0.2, 0.25) is 5.91 Å². The molecule has 7 heteroatoms. The number of benzene rings is 2. The molecule has 0 aliphatic heterocycles. The molecular weight excluding hydrogens is 439 g/mol. The molecule has 0 heterocycles. The molecule has 156 valence electrons. The predicted molar refractivity (Wildman–Crippen MR) is 114 cm³/mol. The number of amides is 2. The molecule has 0 spiro atoms. The Kier molecular flexibility index (Phi) is 8.64. The standard InChI is InChI=1S/C22H26BrFN2O3/c1-4-15(2)25-22(28)16(3)26(13-17-5-9-19(24)10-6-17)21(27)14-29-20-11-7-18(23)8-12-20/h5-12,15-16H,4,13-14H2,1-3H3,(H,25,28). The number of rotatable bonds is 9. The highest BCUT2D eigenvalue weighted by molar-refractivity contribution is 9.10. The van der Waals surface area contributed by atoms with E-state index in [1.807, 2.05) is 26.0 Å². The number of carbonyl (C=O) groups excluding carboxylic acids is 2. The van der Waals surface area contributed by atoms with E-state index in [1.54, 1.807) is 31.2 Å². The largest absolute Gasteiger partial charge is 0.484 e. The van der Waals surface area contributed by atoms with Gasteiger partial charge < -0.3 is 15.0 Å². The highest BCUT2D eigenvalue weighted by Crippen LogP contribution is 2.17. The van der Waals surface area contributed by atoms with E-state index in [4.69, 9.17) is 4.74 Å². The van der Waals surface area contributed by atoms with E-state index in [-0.39, 0.29) is 36.8 Å². The van der Waals surface area contributed by atoms with Crippen molar-refractivity contribution in [3.8, 4) is 5.75 Å². The van der Waals surface area contributed by atoms with Crippen molar-refractivity contribution < 1.29 is 18.7 Å². The minimum Gasteiger partial charge on any atom is -0.484 e. The van der Waals surface area contributed by atoms with Gasteiger partial charge in [0.05, 0.1) is 0 Å². The Balaban J connectivity index is 2.13. The number of hydrogen-bond donors (Lipinski definition) is 1. The summed E-state index contributed by atoms with van der Waals surface area (Å²) in [5.41, 5.74) is 0.728. The zero-order valence-corrected chi connectivity index (χ0v) is 18.4. The third-order valence-corrected chi connectivity index (χ3v) is 5.14. The molecule has 0 fully saturated rings. The second kappa shape index (κ2) is 11.0. The fourth-order valence-corrected chi connectivity index (χ4v) is 2.86. The molecule has 0 aliphatic rings. The van der Waals surface area contributed by atoms with Gasteiger partial charge in [0.1, 0.15) is 17.6 Å². The molecule has 2 atom stereocenters. The Morgan fingerprint density at radius 3 is 2.31 bits per heavy atom. The fraction of sp³-hybridized carbons (Fsp3) is 0.364. The topological polar surface area (TPSA) is 58.6 Å². The van der Waals surface area contributed by atoms with Crippen LogP contribution >= 0.6 is 15.9 Å². The average Bonchev–Trinajstić information content (AvgIpc) is 2.72. The van der Waals surface area contributed by atoms with Crippen molar-refractivity contribution in [2.24, 2.45) is 0 Å². The van der Waals surface area contributed by atoms with E-state index in [0.29, 0.717) is 5.75 Å². The van der Waals surface area contributed by atoms with Crippen LogP contribution in [0.3, 0.4) is 0 Å². The first-order valence-corrected chi connectivity index (χ1v) is 10.3. The second-order valence-electron chi connectivity index (χ2n) is 6.88. The Bertz CT molecular complexity index is 812. The number of carbonyl (C=O) groups is 2. The predicted octanol–water partition coefficient (Wildman–Crippen LogP) is 4.30. The van der Waals surface area contributed by atoms with Gasteiger partial charge in [-0.1, -0.05) is 35.0 Å². The molecule has 29 heavy (non-hydrogen) atoms. The molecule has 0 saturated heterocycles. The molecule has 2 aromatic carbocycles. The van der Waals surface area contributed by atoms with Crippen LogP contribution in [0.5, 0.6) is 5.75 Å². The number of nitrogens with zero attached hydrogens (tertiary/aromatic N) is 1. The van der Waals surface area contributed by atoms with E-state index in [1.165, 1.54) is 17.0 Å². The molecule has 1 N–H and O–H groups in total. The van der Waals surface area contributed by atoms with Crippen molar-refractivity contribution in [2.75, 3.05) is 6.61 Å². The van der Waals surface area contributed by atoms with Crippen molar-refractivity contribution in [3.05, 3.63) is 64.4 Å². The number of ether oxygens (including phenoxy) is 1. The van der Waals surface area contributed by atoms with Crippen LogP contribution < -0.4 is 10.1 Å². The maximum absolute atomic E-state index is 13.2. The second-order valence-corrected chi connectivity index (χ2v) is 7.80. The van der Waals surface area contributed by atoms with Crippen molar-refractivity contribution in [1.82, 2.24) is 10.2 Å². The van der Waals surface area contributed by atoms with Crippen LogP contribution in [0.2, 0.25) is 0 Å². The van der Waals surface area contributed by atoms with Gasteiger partial charge in [-0.25, -0.2) is 4.39 Å². The zero-order chi connectivity index (χ0) is 21.4. The van der Waals surface area contributed by atoms with E-state index in [0.717, 1.165) is 16.5 Å². The minimum absolute atomic E-state index is 0.00624. The summed E-state index contributed by atoms with van der Waals surface area (Å²) in [6.07, 6.45) is 0.789. The van der Waals surface area contributed by atoms with Crippen LogP contribution in [-0.4, -0.2) is 35.4 Å². The minimum atomic E-state index is -0.699. The van der Waals surface area contributed by atoms with E-state index in [2.05, 4.69) is 21.2 Å². The monoisotopic (exact) mass is 464 g/mol. The van der Waals surface area contributed by atoms with Gasteiger partial charge in [-0.05, 0) is 62.2 Å². The smallest absolute Gasteiger partial charge is 0.261 e. The van der Waals surface area contributed by atoms with Crippen molar-refractivity contribution in [1.29, 1.82) is 0 Å². The van der Waals surface area contributed by atoms with Crippen molar-refractivity contribution in [3.63, 3.8) is 0 Å². The zero-order valence-electron chi connectivity index (χ0n) is 16.8. The Hall–Kier alpha value is -2.41. The van der Waals surface area contributed by atoms with E-state index in [9.17, 15) is 14.0 Å². The Morgan fingerprint density at radius 1 is 1.10 bits per heavy atom. The van der Waals surface area contributed by atoms with Crippen molar-refractivity contribution in [2.45, 2.75) is 45.8 Å². The highest BCUT2D eigenvalue weighted by Gasteiger charge is 2.27. The molecule has 2 rings (SSSR count). The molecule has 5 nitrogen and oxygen atoms in total. The summed E-state index contributed by atoms with van der Waals surface area (Å²) in [7, 11) is 0. The molecular formula is C22H26BrFN2O3. The lowest BCUT2D eigenvalue weighted by atomic mass is 10.1. The fourth-order valence-electron chi connectivity index (χ4n) is 2.59. The maximum atomic E-state index is 13.2. The van der Waals surface area contributed by atoms with Crippen LogP contribution in [0.1, 0.15) is 32.8 Å². The maximum Gasteiger partial charge on any atom is 0.261 e. The van der Waals surface area contributed by atoms with Gasteiger partial charge in [-0.2, -0.15) is 0 Å². The summed E-state index contributed by atoms with van der Waals surface area (Å²) in [5.74, 6) is -0.366. The lowest BCUT2D eigenvalue weighted by Crippen LogP contribution is -2.50. The normalized spacial score (nSPS) is 12.7. The quantitative estimate of drug-likeness (QED) is 0.601. The molecule has 0 aliphatic carbocycles. The number of hydrogen-bond acceptors (Lipinski definition) is 3. The molecule has 0 radical (unpaired) electrons. The molecule has 0 bridgehead atoms. The van der Waals surface area contributed by atoms with Crippen LogP contribution in [0.15, 0.2) is 53.0 Å². The molecule has 2 unspecified atom stereocenters. The average molecular weight is 465 g/mol. The van der Waals surface area contributed by atoms with Crippen LogP contribution in [0.4, 0.5) is 4.39 Å². The number of halogens is 2. The summed E-state index contributed by atoms with van der Waals surface area (Å²) in [6.45, 7) is 5.54. The first-order chi connectivity index (χ1) is 13.8. The molecule has 0 saturated carbocycles. The van der Waals surface area contributed by atoms with Gasteiger partial charge in [-0.3, -0.25) is 9.59 Å². The Labute approximate surface area is 179 Å². The summed E-state index contributed by atoms with van der Waals surface area (Å²) in [4.78, 5) is 26.9. The Morgan fingerprint density at radius 2 is 1.72 bits per heavy atom. The number of nitrogens with one attached hydrogen (secondary N) is 1. The summed E-state index contributed by atoms with van der Waals surface area (Å²) in [5, 5.41) is 2.90. The SMILES string of the molecule is CCC(C)NC(=O)C(C)N(Cc1ccc(F)cc1)C(=O)COc1ccc(Br)cc1. The van der Waals surface area contributed by atoms with Crippen LogP contribution in [0, 0.1) is 5.82 Å². The highest BCUT2D eigenvalue weighted by atomic mass is 79.9. The van der Waals surface area contributed by atoms with Crippen LogP contribution in [0.25, 0.3) is 0 Å². The third kappa shape index (κ3) is 7.16. The lowest BCUT2D eigenvalue weighted by Gasteiger charge is -2.29. The van der Waals surface area contributed by atoms with Gasteiger partial charge >= 0.3 is 0 Å². The van der Waals surface area contributed by atoms with Gasteiger partial charge in [-0.15, -0.1) is 0 Å². The summed E-state index contributed by atoms with van der Waals surface area (Å²) >= 11 is 3.35. The summed E-state index contributed by atoms with van der Waals surface area (Å²) < 4.78 is 19.7. The van der Waals surface area contributed by atoms with Crippen LogP contribution in [-0.2, 0) is 16.1 Å². The molecule has 2 amide bonds. The lowest BCUT2D eigenvalue weighted by molar-refractivity contribution is -0.142. The van der Waals surface area contributed by atoms with Gasteiger partial charge in [0.15, 0.2) is 6.61 Å². The van der Waals surface area contributed by atoms with Crippen molar-refractivity contribution >= 4 is 27.7 Å². The van der Waals surface area contributed by atoms with Gasteiger partial charge in [0.25, 0.3) is 5.91 Å². The third-order valence-electron chi connectivity index (χ3n) is 4.61. The van der Waals surface area contributed by atoms with Gasteiger partial charge in [0, 0.05) is 17.1 Å².